The van der Waals surface area contributed by atoms with Gasteiger partial charge in [-0.2, -0.15) is 0 Å². The molecule has 2 rings (SSSR count). The smallest absolute Gasteiger partial charge is 0.311 e. The molecule has 0 amide bonds. The molecule has 0 aliphatic carbocycles. The lowest BCUT2D eigenvalue weighted by Gasteiger charge is -2.23. The van der Waals surface area contributed by atoms with Gasteiger partial charge in [-0.3, -0.25) is 4.79 Å². The normalized spacial score (nSPS) is 13.9. The summed E-state index contributed by atoms with van der Waals surface area (Å²) in [7, 11) is 0. The number of carboxylic acid groups (broad SMARTS) is 1. The lowest BCUT2D eigenvalue weighted by Crippen LogP contribution is -2.32. The molecule has 1 unspecified atom stereocenters. The summed E-state index contributed by atoms with van der Waals surface area (Å²) >= 11 is 0. The van der Waals surface area contributed by atoms with Crippen molar-refractivity contribution in [1.29, 1.82) is 0 Å². The Labute approximate surface area is 123 Å². The molecule has 1 atom stereocenters. The second-order valence-corrected chi connectivity index (χ2v) is 5.63. The first-order chi connectivity index (χ1) is 9.89. The average Bonchev–Trinajstić information content (AvgIpc) is 2.89. The minimum atomic E-state index is -0.887. The van der Waals surface area contributed by atoms with Crippen LogP contribution >= 0.6 is 0 Å². The second-order valence-electron chi connectivity index (χ2n) is 5.63. The third-order valence-electron chi connectivity index (χ3n) is 4.17. The summed E-state index contributed by atoms with van der Waals surface area (Å²) in [5.74, 6) is -0.232. The number of carbonyl (C=O) groups is 1. The molecule has 0 aliphatic rings. The molecular weight excluding hydrogens is 268 g/mol. The second kappa shape index (κ2) is 5.63. The highest BCUT2D eigenvalue weighted by molar-refractivity contribution is 5.74. The number of carboxylic acids is 1. The van der Waals surface area contributed by atoms with Gasteiger partial charge in [0.25, 0.3) is 0 Å². The van der Waals surface area contributed by atoms with E-state index < -0.39 is 11.4 Å². The van der Waals surface area contributed by atoms with Crippen molar-refractivity contribution in [3.8, 4) is 11.4 Å². The van der Waals surface area contributed by atoms with E-state index in [0.29, 0.717) is 12.2 Å². The SMILES string of the molecule is CCC(C)(Cn1nnnc1-c1cccc(C)c1C)C(=O)O. The predicted octanol–water partition coefficient (Wildman–Crippen LogP) is 2.46. The molecule has 1 aromatic carbocycles. The summed E-state index contributed by atoms with van der Waals surface area (Å²) in [6.07, 6.45) is 0.508. The van der Waals surface area contributed by atoms with Crippen LogP contribution < -0.4 is 0 Å². The van der Waals surface area contributed by atoms with E-state index in [0.717, 1.165) is 16.7 Å². The van der Waals surface area contributed by atoms with E-state index >= 15 is 0 Å². The number of aliphatic carboxylic acids is 1. The lowest BCUT2D eigenvalue weighted by atomic mass is 9.87. The lowest BCUT2D eigenvalue weighted by molar-refractivity contribution is -0.149. The molecule has 1 aromatic heterocycles. The molecular formula is C15H20N4O2. The Kier molecular flexibility index (Phi) is 4.06. The molecule has 112 valence electrons. The van der Waals surface area contributed by atoms with E-state index in [1.54, 1.807) is 11.6 Å². The van der Waals surface area contributed by atoms with Crippen molar-refractivity contribution in [1.82, 2.24) is 20.2 Å². The molecule has 21 heavy (non-hydrogen) atoms. The Balaban J connectivity index is 2.44. The van der Waals surface area contributed by atoms with Gasteiger partial charge in [-0.05, 0) is 48.7 Å². The zero-order valence-electron chi connectivity index (χ0n) is 12.8. The first-order valence-electron chi connectivity index (χ1n) is 6.95. The highest BCUT2D eigenvalue weighted by atomic mass is 16.4. The van der Waals surface area contributed by atoms with Crippen LogP contribution in [0, 0.1) is 19.3 Å². The van der Waals surface area contributed by atoms with Gasteiger partial charge in [0.1, 0.15) is 0 Å². The first kappa shape index (κ1) is 15.2. The minimum Gasteiger partial charge on any atom is -0.481 e. The quantitative estimate of drug-likeness (QED) is 0.914. The molecule has 0 aliphatic heterocycles. The molecule has 6 heteroatoms. The number of tetrazole rings is 1. The zero-order chi connectivity index (χ0) is 15.6. The molecule has 1 heterocycles. The summed E-state index contributed by atoms with van der Waals surface area (Å²) in [4.78, 5) is 11.5. The number of aryl methyl sites for hydroxylation is 1. The number of aromatic nitrogens is 4. The van der Waals surface area contributed by atoms with Crippen LogP contribution in [0.1, 0.15) is 31.4 Å². The van der Waals surface area contributed by atoms with E-state index in [2.05, 4.69) is 15.5 Å². The Bertz CT molecular complexity index is 665. The third kappa shape index (κ3) is 2.79. The molecule has 0 fully saturated rings. The number of hydrogen-bond donors (Lipinski definition) is 1. The summed E-state index contributed by atoms with van der Waals surface area (Å²) in [5, 5.41) is 21.2. The van der Waals surface area contributed by atoms with Crippen LogP contribution in [-0.4, -0.2) is 31.3 Å². The molecule has 0 radical (unpaired) electrons. The zero-order valence-corrected chi connectivity index (χ0v) is 12.8. The molecule has 2 aromatic rings. The fourth-order valence-electron chi connectivity index (χ4n) is 2.16. The Morgan fingerprint density at radius 2 is 2.10 bits per heavy atom. The van der Waals surface area contributed by atoms with Crippen LogP contribution in [0.3, 0.4) is 0 Å². The largest absolute Gasteiger partial charge is 0.481 e. The Hall–Kier alpha value is -2.24. The van der Waals surface area contributed by atoms with Crippen LogP contribution in [-0.2, 0) is 11.3 Å². The van der Waals surface area contributed by atoms with E-state index in [-0.39, 0.29) is 6.54 Å². The summed E-state index contributed by atoms with van der Waals surface area (Å²) in [6.45, 7) is 7.86. The van der Waals surface area contributed by atoms with Crippen molar-refractivity contribution in [2.45, 2.75) is 40.7 Å². The topological polar surface area (TPSA) is 80.9 Å². The van der Waals surface area contributed by atoms with Gasteiger partial charge < -0.3 is 5.11 Å². The van der Waals surface area contributed by atoms with Gasteiger partial charge in [0.15, 0.2) is 5.82 Å². The van der Waals surface area contributed by atoms with Gasteiger partial charge in [0.2, 0.25) is 0 Å². The third-order valence-corrected chi connectivity index (χ3v) is 4.17. The highest BCUT2D eigenvalue weighted by Gasteiger charge is 2.33. The van der Waals surface area contributed by atoms with E-state index in [1.807, 2.05) is 39.0 Å². The Morgan fingerprint density at radius 1 is 1.38 bits per heavy atom. The molecule has 6 nitrogen and oxygen atoms in total. The molecule has 0 spiro atoms. The van der Waals surface area contributed by atoms with Gasteiger partial charge in [0.05, 0.1) is 12.0 Å². The van der Waals surface area contributed by atoms with Gasteiger partial charge in [-0.25, -0.2) is 4.68 Å². The van der Waals surface area contributed by atoms with Crippen LogP contribution in [0.5, 0.6) is 0 Å². The Morgan fingerprint density at radius 3 is 2.71 bits per heavy atom. The summed E-state index contributed by atoms with van der Waals surface area (Å²) in [6, 6.07) is 5.93. The van der Waals surface area contributed by atoms with Gasteiger partial charge >= 0.3 is 5.97 Å². The molecule has 0 bridgehead atoms. The van der Waals surface area contributed by atoms with Crippen LogP contribution in [0.2, 0.25) is 0 Å². The number of benzene rings is 1. The van der Waals surface area contributed by atoms with Crippen molar-refractivity contribution < 1.29 is 9.90 Å². The van der Waals surface area contributed by atoms with Crippen molar-refractivity contribution in [3.05, 3.63) is 29.3 Å². The summed E-state index contributed by atoms with van der Waals surface area (Å²) < 4.78 is 1.58. The number of hydrogen-bond acceptors (Lipinski definition) is 4. The standard InChI is InChI=1S/C15H20N4O2/c1-5-15(4,14(20)21)9-19-13(16-17-18-19)12-8-6-7-10(2)11(12)3/h6-8H,5,9H2,1-4H3,(H,20,21). The van der Waals surface area contributed by atoms with Gasteiger partial charge in [-0.15, -0.1) is 5.10 Å². The van der Waals surface area contributed by atoms with Crippen molar-refractivity contribution in [3.63, 3.8) is 0 Å². The van der Waals surface area contributed by atoms with Crippen molar-refractivity contribution in [2.24, 2.45) is 5.41 Å². The van der Waals surface area contributed by atoms with E-state index in [9.17, 15) is 9.90 Å². The van der Waals surface area contributed by atoms with E-state index in [4.69, 9.17) is 0 Å². The van der Waals surface area contributed by atoms with Crippen molar-refractivity contribution in [2.75, 3.05) is 0 Å². The van der Waals surface area contributed by atoms with Crippen LogP contribution in [0.15, 0.2) is 18.2 Å². The van der Waals surface area contributed by atoms with E-state index in [1.165, 1.54) is 0 Å². The van der Waals surface area contributed by atoms with Crippen LogP contribution in [0.25, 0.3) is 11.4 Å². The molecule has 0 saturated heterocycles. The number of nitrogens with zero attached hydrogens (tertiary/aromatic N) is 4. The summed E-state index contributed by atoms with van der Waals surface area (Å²) in [5.41, 5.74) is 2.30. The predicted molar refractivity (Wildman–Crippen MR) is 78.8 cm³/mol. The van der Waals surface area contributed by atoms with Gasteiger partial charge in [0, 0.05) is 5.56 Å². The maximum Gasteiger partial charge on any atom is 0.311 e. The van der Waals surface area contributed by atoms with Crippen molar-refractivity contribution >= 4 is 5.97 Å². The maximum atomic E-state index is 11.5. The highest BCUT2D eigenvalue weighted by Crippen LogP contribution is 2.28. The average molecular weight is 288 g/mol. The van der Waals surface area contributed by atoms with Crippen LogP contribution in [0.4, 0.5) is 0 Å². The monoisotopic (exact) mass is 288 g/mol. The van der Waals surface area contributed by atoms with Gasteiger partial charge in [-0.1, -0.05) is 25.1 Å². The minimum absolute atomic E-state index is 0.245. The molecule has 1 N–H and O–H groups in total. The maximum absolute atomic E-state index is 11.5. The fraction of sp³-hybridized carbons (Fsp3) is 0.467. The number of rotatable bonds is 5. The molecule has 0 saturated carbocycles. The fourth-order valence-corrected chi connectivity index (χ4v) is 2.16. The first-order valence-corrected chi connectivity index (χ1v) is 6.95.